The van der Waals surface area contributed by atoms with Crippen molar-refractivity contribution in [2.75, 3.05) is 26.7 Å². The second-order valence-corrected chi connectivity index (χ2v) is 8.35. The zero-order valence-corrected chi connectivity index (χ0v) is 16.0. The lowest BCUT2D eigenvalue weighted by Crippen LogP contribution is -2.41. The van der Waals surface area contributed by atoms with E-state index in [0.717, 1.165) is 49.4 Å². The molecule has 0 unspecified atom stereocenters. The molecular formula is C23H25FN2O2. The number of nitrogens with one attached hydrogen (secondary N) is 1. The van der Waals surface area contributed by atoms with E-state index in [1.165, 1.54) is 6.07 Å². The van der Waals surface area contributed by atoms with Gasteiger partial charge in [-0.1, -0.05) is 24.3 Å². The molecule has 5 rings (SSSR count). The number of likely N-dealkylation sites (tertiary alicyclic amines) is 1. The molecule has 1 aliphatic carbocycles. The van der Waals surface area contributed by atoms with Crippen LogP contribution in [0.3, 0.4) is 0 Å². The minimum atomic E-state index is -0.427. The molecule has 5 heteroatoms. The maximum absolute atomic E-state index is 13.9. The number of fused-ring (bicyclic) bond motifs is 1. The summed E-state index contributed by atoms with van der Waals surface area (Å²) in [5.74, 6) is 1.53. The van der Waals surface area contributed by atoms with Gasteiger partial charge in [0.1, 0.15) is 11.6 Å². The van der Waals surface area contributed by atoms with Gasteiger partial charge >= 0.3 is 0 Å². The minimum absolute atomic E-state index is 0.0566. The Kier molecular flexibility index (Phi) is 4.16. The van der Waals surface area contributed by atoms with Crippen molar-refractivity contribution in [3.05, 3.63) is 65.5 Å². The van der Waals surface area contributed by atoms with Crippen molar-refractivity contribution in [3.8, 4) is 5.75 Å². The van der Waals surface area contributed by atoms with E-state index in [1.54, 1.807) is 19.2 Å². The van der Waals surface area contributed by atoms with Gasteiger partial charge < -0.3 is 15.0 Å². The third-order valence-electron chi connectivity index (χ3n) is 6.82. The molecule has 1 amide bonds. The van der Waals surface area contributed by atoms with Gasteiger partial charge in [0.2, 0.25) is 5.91 Å². The standard InChI is InChI=1S/C23H25FN2O2/c1-28-19-7-5-17(6-8-19)23(9-10-23)22(27)26-14-16-12-25-13-20(16)21(26)15-3-2-4-18(24)11-15/h2-8,11,16,20-21,25H,9-10,12-14H2,1H3/t16-,20-,21+/m0/s1. The highest BCUT2D eigenvalue weighted by molar-refractivity contribution is 5.92. The Bertz CT molecular complexity index is 894. The Morgan fingerprint density at radius 3 is 2.64 bits per heavy atom. The molecule has 2 aromatic carbocycles. The van der Waals surface area contributed by atoms with Gasteiger partial charge in [0.15, 0.2) is 0 Å². The second kappa shape index (κ2) is 6.59. The van der Waals surface area contributed by atoms with Crippen molar-refractivity contribution < 1.29 is 13.9 Å². The highest BCUT2D eigenvalue weighted by atomic mass is 19.1. The van der Waals surface area contributed by atoms with Gasteiger partial charge in [-0.25, -0.2) is 4.39 Å². The molecule has 1 saturated carbocycles. The predicted octanol–water partition coefficient (Wildman–Crippen LogP) is 3.29. The molecule has 3 aliphatic rings. The third kappa shape index (κ3) is 2.72. The zero-order chi connectivity index (χ0) is 19.3. The van der Waals surface area contributed by atoms with Crippen molar-refractivity contribution in [1.29, 1.82) is 0 Å². The second-order valence-electron chi connectivity index (χ2n) is 8.35. The summed E-state index contributed by atoms with van der Waals surface area (Å²) < 4.78 is 19.2. The number of nitrogens with zero attached hydrogens (tertiary/aromatic N) is 1. The fourth-order valence-electron chi connectivity index (χ4n) is 5.18. The molecule has 0 spiro atoms. The van der Waals surface area contributed by atoms with Crippen molar-refractivity contribution >= 4 is 5.91 Å². The van der Waals surface area contributed by atoms with Crippen molar-refractivity contribution in [2.45, 2.75) is 24.3 Å². The molecule has 3 fully saturated rings. The summed E-state index contributed by atoms with van der Waals surface area (Å²) in [6.45, 7) is 2.55. The van der Waals surface area contributed by atoms with E-state index in [2.05, 4.69) is 5.32 Å². The van der Waals surface area contributed by atoms with Crippen LogP contribution in [0.1, 0.15) is 30.0 Å². The van der Waals surface area contributed by atoms with Crippen LogP contribution in [-0.2, 0) is 10.2 Å². The maximum Gasteiger partial charge on any atom is 0.233 e. The van der Waals surface area contributed by atoms with Gasteiger partial charge in [-0.15, -0.1) is 0 Å². The van der Waals surface area contributed by atoms with Crippen LogP contribution in [0.25, 0.3) is 0 Å². The van der Waals surface area contributed by atoms with Gasteiger partial charge in [0.05, 0.1) is 18.6 Å². The Morgan fingerprint density at radius 1 is 1.18 bits per heavy atom. The molecule has 2 aromatic rings. The lowest BCUT2D eigenvalue weighted by molar-refractivity contribution is -0.135. The van der Waals surface area contributed by atoms with E-state index in [-0.39, 0.29) is 17.8 Å². The van der Waals surface area contributed by atoms with Crippen molar-refractivity contribution in [3.63, 3.8) is 0 Å². The number of methoxy groups -OCH3 is 1. The average Bonchev–Trinajstić information content (AvgIpc) is 3.26. The normalized spacial score (nSPS) is 27.5. The number of rotatable bonds is 4. The molecule has 4 nitrogen and oxygen atoms in total. The highest BCUT2D eigenvalue weighted by Crippen LogP contribution is 2.53. The van der Waals surface area contributed by atoms with E-state index >= 15 is 0 Å². The number of carbonyl (C=O) groups is 1. The van der Waals surface area contributed by atoms with Gasteiger partial charge in [-0.05, 0) is 54.2 Å². The smallest absolute Gasteiger partial charge is 0.233 e. The van der Waals surface area contributed by atoms with Crippen LogP contribution in [0.5, 0.6) is 5.75 Å². The number of benzene rings is 2. The largest absolute Gasteiger partial charge is 0.497 e. The zero-order valence-electron chi connectivity index (χ0n) is 16.0. The SMILES string of the molecule is COc1ccc(C2(C(=O)N3C[C@@H]4CNC[C@@H]4[C@H]3c3cccc(F)c3)CC2)cc1. The predicted molar refractivity (Wildman–Crippen MR) is 105 cm³/mol. The number of carbonyl (C=O) groups excluding carboxylic acids is 1. The van der Waals surface area contributed by atoms with Crippen LogP contribution in [0.2, 0.25) is 0 Å². The van der Waals surface area contributed by atoms with E-state index in [9.17, 15) is 9.18 Å². The van der Waals surface area contributed by atoms with Gasteiger partial charge in [-0.3, -0.25) is 4.79 Å². The average molecular weight is 380 g/mol. The summed E-state index contributed by atoms with van der Waals surface area (Å²) in [6.07, 6.45) is 1.75. The molecule has 2 saturated heterocycles. The Labute approximate surface area is 164 Å². The number of halogens is 1. The molecular weight excluding hydrogens is 355 g/mol. The number of hydrogen-bond acceptors (Lipinski definition) is 3. The minimum Gasteiger partial charge on any atom is -0.497 e. The molecule has 146 valence electrons. The monoisotopic (exact) mass is 380 g/mol. The van der Waals surface area contributed by atoms with Crippen LogP contribution < -0.4 is 10.1 Å². The molecule has 0 aromatic heterocycles. The van der Waals surface area contributed by atoms with Crippen LogP contribution in [0, 0.1) is 17.7 Å². The van der Waals surface area contributed by atoms with E-state index < -0.39 is 5.41 Å². The summed E-state index contributed by atoms with van der Waals surface area (Å²) in [5.41, 5.74) is 1.55. The summed E-state index contributed by atoms with van der Waals surface area (Å²) in [4.78, 5) is 15.8. The maximum atomic E-state index is 13.9. The molecule has 1 N–H and O–H groups in total. The topological polar surface area (TPSA) is 41.6 Å². The first-order valence-electron chi connectivity index (χ1n) is 10.0. The quantitative estimate of drug-likeness (QED) is 0.885. The summed E-state index contributed by atoms with van der Waals surface area (Å²) in [5, 5.41) is 3.45. The van der Waals surface area contributed by atoms with E-state index in [4.69, 9.17) is 4.74 Å². The fourth-order valence-corrected chi connectivity index (χ4v) is 5.18. The van der Waals surface area contributed by atoms with Crippen LogP contribution in [0.4, 0.5) is 4.39 Å². The van der Waals surface area contributed by atoms with Gasteiger partial charge in [0, 0.05) is 25.6 Å². The van der Waals surface area contributed by atoms with Crippen molar-refractivity contribution in [1.82, 2.24) is 10.2 Å². The van der Waals surface area contributed by atoms with E-state index in [1.807, 2.05) is 35.2 Å². The third-order valence-corrected chi connectivity index (χ3v) is 6.82. The van der Waals surface area contributed by atoms with Crippen LogP contribution in [0.15, 0.2) is 48.5 Å². The molecule has 28 heavy (non-hydrogen) atoms. The number of amides is 1. The Balaban J connectivity index is 1.49. The number of ether oxygens (including phenoxy) is 1. The molecule has 2 aliphatic heterocycles. The Morgan fingerprint density at radius 2 is 1.96 bits per heavy atom. The summed E-state index contributed by atoms with van der Waals surface area (Å²) in [6, 6.07) is 14.6. The van der Waals surface area contributed by atoms with Gasteiger partial charge in [-0.2, -0.15) is 0 Å². The molecule has 2 heterocycles. The van der Waals surface area contributed by atoms with Crippen LogP contribution in [-0.4, -0.2) is 37.6 Å². The first-order valence-corrected chi connectivity index (χ1v) is 10.0. The molecule has 0 radical (unpaired) electrons. The first kappa shape index (κ1) is 17.7. The molecule has 0 bridgehead atoms. The first-order chi connectivity index (χ1) is 13.6. The summed E-state index contributed by atoms with van der Waals surface area (Å²) in [7, 11) is 1.65. The fraction of sp³-hybridized carbons (Fsp3) is 0.435. The Hall–Kier alpha value is -2.40. The van der Waals surface area contributed by atoms with Gasteiger partial charge in [0.25, 0.3) is 0 Å². The molecule has 3 atom stereocenters. The lowest BCUT2D eigenvalue weighted by Gasteiger charge is -2.32. The summed E-state index contributed by atoms with van der Waals surface area (Å²) >= 11 is 0. The van der Waals surface area contributed by atoms with E-state index in [0.29, 0.717) is 11.8 Å². The van der Waals surface area contributed by atoms with Crippen LogP contribution >= 0.6 is 0 Å². The lowest BCUT2D eigenvalue weighted by atomic mass is 9.88. The van der Waals surface area contributed by atoms with Crippen molar-refractivity contribution in [2.24, 2.45) is 11.8 Å². The number of hydrogen-bond donors (Lipinski definition) is 1. The highest BCUT2D eigenvalue weighted by Gasteiger charge is 2.57.